The highest BCUT2D eigenvalue weighted by Gasteiger charge is 2.30. The largest absolute Gasteiger partial charge is 0.416 e. The molecule has 6 nitrogen and oxygen atoms in total. The molecular weight excluding hydrogens is 440 g/mol. The van der Waals surface area contributed by atoms with Crippen LogP contribution in [-0.4, -0.2) is 20.8 Å². The Bertz CT molecular complexity index is 1280. The van der Waals surface area contributed by atoms with Gasteiger partial charge in [0.05, 0.1) is 23.0 Å². The maximum atomic E-state index is 14.5. The van der Waals surface area contributed by atoms with Crippen LogP contribution in [-0.2, 0) is 6.18 Å². The molecule has 0 bridgehead atoms. The predicted molar refractivity (Wildman–Crippen MR) is 105 cm³/mol. The van der Waals surface area contributed by atoms with Crippen LogP contribution in [0.5, 0.6) is 0 Å². The molecule has 4 rings (SSSR count). The number of aromatic amines is 1. The van der Waals surface area contributed by atoms with Gasteiger partial charge in [-0.2, -0.15) is 27.1 Å². The summed E-state index contributed by atoms with van der Waals surface area (Å²) in [7, 11) is 0. The van der Waals surface area contributed by atoms with Gasteiger partial charge in [-0.3, -0.25) is 0 Å². The number of carbonyl (C=O) groups excluding carboxylic acids is 1. The molecule has 2 aromatic heterocycles. The summed E-state index contributed by atoms with van der Waals surface area (Å²) < 4.78 is 78.3. The second-order valence-corrected chi connectivity index (χ2v) is 6.72. The number of amides is 2. The molecule has 32 heavy (non-hydrogen) atoms. The van der Waals surface area contributed by atoms with Gasteiger partial charge in [-0.1, -0.05) is 0 Å². The molecule has 0 unspecified atom stereocenters. The Balaban J connectivity index is 1.56. The van der Waals surface area contributed by atoms with Gasteiger partial charge in [0.1, 0.15) is 5.82 Å². The molecule has 0 aliphatic carbocycles. The van der Waals surface area contributed by atoms with Gasteiger partial charge in [0, 0.05) is 34.6 Å². The minimum Gasteiger partial charge on any atom is -0.359 e. The van der Waals surface area contributed by atoms with E-state index in [0.29, 0.717) is 15.6 Å². The van der Waals surface area contributed by atoms with Crippen LogP contribution in [0.15, 0.2) is 55.0 Å². The second kappa shape index (κ2) is 7.94. The highest BCUT2D eigenvalue weighted by Crippen LogP contribution is 2.32. The molecule has 0 spiro atoms. The summed E-state index contributed by atoms with van der Waals surface area (Å²) in [4.78, 5) is 15.1. The number of alkyl halides is 5. The molecule has 0 fully saturated rings. The summed E-state index contributed by atoms with van der Waals surface area (Å²) in [6.07, 6.45) is -1.02. The summed E-state index contributed by atoms with van der Waals surface area (Å²) in [6, 6.07) is 5.62. The normalized spacial score (nSPS) is 11.8. The number of urea groups is 1. The van der Waals surface area contributed by atoms with E-state index >= 15 is 0 Å². The SMILES string of the molecule is O=C(Nc1ccc(C(F)(F)F)cc1)Nc1c[nH]c2cc(F)c(-c3cnn(C(F)F)c3)cc12. The van der Waals surface area contributed by atoms with Gasteiger partial charge in [-0.05, 0) is 36.4 Å². The van der Waals surface area contributed by atoms with Gasteiger partial charge in [0.2, 0.25) is 0 Å². The van der Waals surface area contributed by atoms with Crippen molar-refractivity contribution in [3.8, 4) is 11.1 Å². The van der Waals surface area contributed by atoms with Crippen molar-refractivity contribution >= 4 is 28.3 Å². The Morgan fingerprint density at radius 3 is 2.44 bits per heavy atom. The maximum Gasteiger partial charge on any atom is 0.416 e. The van der Waals surface area contributed by atoms with Crippen molar-refractivity contribution < 1.29 is 31.1 Å². The van der Waals surface area contributed by atoms with Crippen molar-refractivity contribution in [3.05, 3.63) is 66.4 Å². The fourth-order valence-corrected chi connectivity index (χ4v) is 3.08. The van der Waals surface area contributed by atoms with E-state index < -0.39 is 30.1 Å². The average molecular weight is 453 g/mol. The maximum absolute atomic E-state index is 14.5. The number of carbonyl (C=O) groups is 1. The molecule has 0 radical (unpaired) electrons. The molecule has 2 amide bonds. The minimum absolute atomic E-state index is 0.00445. The van der Waals surface area contributed by atoms with Crippen LogP contribution in [0, 0.1) is 5.82 Å². The molecule has 4 aromatic rings. The lowest BCUT2D eigenvalue weighted by atomic mass is 10.1. The number of anilines is 2. The number of fused-ring (bicyclic) bond motifs is 1. The predicted octanol–water partition coefficient (Wildman–Crippen LogP) is 6.23. The number of rotatable bonds is 4. The highest BCUT2D eigenvalue weighted by molar-refractivity contribution is 6.06. The van der Waals surface area contributed by atoms with E-state index in [1.54, 1.807) is 0 Å². The number of halogens is 6. The highest BCUT2D eigenvalue weighted by atomic mass is 19.4. The van der Waals surface area contributed by atoms with Gasteiger partial charge in [-0.15, -0.1) is 0 Å². The lowest BCUT2D eigenvalue weighted by Gasteiger charge is -2.10. The van der Waals surface area contributed by atoms with Crippen molar-refractivity contribution in [2.24, 2.45) is 0 Å². The van der Waals surface area contributed by atoms with Crippen molar-refractivity contribution in [1.82, 2.24) is 14.8 Å². The molecule has 0 aliphatic heterocycles. The van der Waals surface area contributed by atoms with Crippen molar-refractivity contribution in [1.29, 1.82) is 0 Å². The zero-order valence-corrected chi connectivity index (χ0v) is 15.8. The molecule has 2 heterocycles. The molecule has 0 saturated heterocycles. The fraction of sp³-hybridized carbons (Fsp3) is 0.100. The summed E-state index contributed by atoms with van der Waals surface area (Å²) in [5.41, 5.74) is -0.0446. The molecule has 3 N–H and O–H groups in total. The number of nitrogens with zero attached hydrogens (tertiary/aromatic N) is 2. The van der Waals surface area contributed by atoms with Crippen molar-refractivity contribution in [3.63, 3.8) is 0 Å². The van der Waals surface area contributed by atoms with Crippen molar-refractivity contribution in [2.75, 3.05) is 10.6 Å². The van der Waals surface area contributed by atoms with E-state index in [9.17, 15) is 31.1 Å². The molecule has 12 heteroatoms. The van der Waals surface area contributed by atoms with Crippen LogP contribution >= 0.6 is 0 Å². The summed E-state index contributed by atoms with van der Waals surface area (Å²) >= 11 is 0. The first-order valence-corrected chi connectivity index (χ1v) is 9.00. The number of hydrogen-bond acceptors (Lipinski definition) is 2. The quantitative estimate of drug-likeness (QED) is 0.321. The monoisotopic (exact) mass is 453 g/mol. The van der Waals surface area contributed by atoms with E-state index in [0.717, 1.165) is 42.7 Å². The standard InChI is InChI=1S/C20H13F6N5O/c21-15-6-16-14(5-13(15)10-7-28-31(9-10)18(22)23)17(8-27-16)30-19(32)29-12-3-1-11(2-4-12)20(24,25)26/h1-9,18,27H,(H2,29,30,32). The Morgan fingerprint density at radius 1 is 1.09 bits per heavy atom. The number of aromatic nitrogens is 3. The molecule has 2 aromatic carbocycles. The van der Waals surface area contributed by atoms with Gasteiger partial charge in [-0.25, -0.2) is 13.9 Å². The minimum atomic E-state index is -4.50. The van der Waals surface area contributed by atoms with E-state index in [2.05, 4.69) is 20.7 Å². The summed E-state index contributed by atoms with van der Waals surface area (Å²) in [5.74, 6) is -0.686. The Hall–Kier alpha value is -3.96. The van der Waals surface area contributed by atoms with E-state index in [1.165, 1.54) is 12.3 Å². The lowest BCUT2D eigenvalue weighted by Crippen LogP contribution is -2.19. The number of nitrogens with one attached hydrogen (secondary N) is 3. The van der Waals surface area contributed by atoms with Gasteiger partial charge in [0.15, 0.2) is 0 Å². The van der Waals surface area contributed by atoms with Crippen LogP contribution < -0.4 is 10.6 Å². The smallest absolute Gasteiger partial charge is 0.359 e. The van der Waals surface area contributed by atoms with E-state index in [1.807, 2.05) is 0 Å². The third kappa shape index (κ3) is 4.24. The number of benzene rings is 2. The Labute approximate surface area is 175 Å². The molecule has 0 saturated carbocycles. The first-order chi connectivity index (χ1) is 15.1. The Morgan fingerprint density at radius 2 is 1.81 bits per heavy atom. The van der Waals surface area contributed by atoms with Gasteiger partial charge < -0.3 is 15.6 Å². The summed E-state index contributed by atoms with van der Waals surface area (Å²) in [5, 5.41) is 8.77. The summed E-state index contributed by atoms with van der Waals surface area (Å²) in [6.45, 7) is -2.88. The first-order valence-electron chi connectivity index (χ1n) is 9.00. The molecular formula is C20H13F6N5O. The van der Waals surface area contributed by atoms with Gasteiger partial charge in [0.25, 0.3) is 0 Å². The third-order valence-electron chi connectivity index (χ3n) is 4.60. The zero-order valence-electron chi connectivity index (χ0n) is 15.8. The fourth-order valence-electron chi connectivity index (χ4n) is 3.08. The van der Waals surface area contributed by atoms with E-state index in [-0.39, 0.29) is 22.5 Å². The topological polar surface area (TPSA) is 74.7 Å². The van der Waals surface area contributed by atoms with Gasteiger partial charge >= 0.3 is 18.8 Å². The van der Waals surface area contributed by atoms with Crippen LogP contribution in [0.1, 0.15) is 12.1 Å². The molecule has 0 atom stereocenters. The van der Waals surface area contributed by atoms with Crippen LogP contribution in [0.25, 0.3) is 22.0 Å². The van der Waals surface area contributed by atoms with Crippen LogP contribution in [0.2, 0.25) is 0 Å². The number of H-pyrrole nitrogens is 1. The lowest BCUT2D eigenvalue weighted by molar-refractivity contribution is -0.137. The first kappa shape index (κ1) is 21.3. The van der Waals surface area contributed by atoms with Crippen LogP contribution in [0.4, 0.5) is 42.5 Å². The van der Waals surface area contributed by atoms with Crippen molar-refractivity contribution in [2.45, 2.75) is 12.7 Å². The van der Waals surface area contributed by atoms with E-state index in [4.69, 9.17) is 0 Å². The molecule has 166 valence electrons. The number of hydrogen-bond donors (Lipinski definition) is 3. The average Bonchev–Trinajstić information content (AvgIpc) is 3.34. The Kier molecular flexibility index (Phi) is 5.28. The molecule has 0 aliphatic rings. The third-order valence-corrected chi connectivity index (χ3v) is 4.60. The van der Waals surface area contributed by atoms with Crippen LogP contribution in [0.3, 0.4) is 0 Å². The zero-order chi connectivity index (χ0) is 23.0. The second-order valence-electron chi connectivity index (χ2n) is 6.72.